The standard InChI is InChI=1S/C11H15F3N4OS/c1-17(6-11(12,13)14)9(19)7-8(15)16-10(20-7)18-4-2-3-5-18/h2-6,15H2,1H3. The van der Waals surface area contributed by atoms with E-state index in [9.17, 15) is 18.0 Å². The molecule has 0 bridgehead atoms. The first kappa shape index (κ1) is 14.9. The summed E-state index contributed by atoms with van der Waals surface area (Å²) in [6.45, 7) is 0.361. The van der Waals surface area contributed by atoms with Gasteiger partial charge >= 0.3 is 6.18 Å². The first-order chi connectivity index (χ1) is 9.28. The molecular formula is C11H15F3N4OS. The molecule has 2 N–H and O–H groups in total. The second-order valence-electron chi connectivity index (χ2n) is 4.68. The zero-order chi connectivity index (χ0) is 14.9. The third kappa shape index (κ3) is 3.33. The summed E-state index contributed by atoms with van der Waals surface area (Å²) in [7, 11) is 1.10. The molecule has 0 radical (unpaired) electrons. The summed E-state index contributed by atoms with van der Waals surface area (Å²) in [6.07, 6.45) is -2.35. The molecule has 1 amide bonds. The quantitative estimate of drug-likeness (QED) is 0.927. The highest BCUT2D eigenvalue weighted by Gasteiger charge is 2.33. The number of hydrogen-bond acceptors (Lipinski definition) is 5. The van der Waals surface area contributed by atoms with Crippen LogP contribution in [0.4, 0.5) is 24.1 Å². The van der Waals surface area contributed by atoms with Crippen molar-refractivity contribution in [2.24, 2.45) is 0 Å². The Balaban J connectivity index is 2.13. The van der Waals surface area contributed by atoms with Gasteiger partial charge in [0.2, 0.25) is 0 Å². The number of anilines is 2. The summed E-state index contributed by atoms with van der Waals surface area (Å²) in [5.41, 5.74) is 5.66. The monoisotopic (exact) mass is 308 g/mol. The van der Waals surface area contributed by atoms with E-state index in [1.807, 2.05) is 4.90 Å². The van der Waals surface area contributed by atoms with E-state index in [0.717, 1.165) is 44.3 Å². The number of nitrogens with zero attached hydrogens (tertiary/aromatic N) is 3. The van der Waals surface area contributed by atoms with Gasteiger partial charge in [0.1, 0.15) is 17.2 Å². The Bertz CT molecular complexity index is 496. The molecule has 1 saturated heterocycles. The number of alkyl halides is 3. The van der Waals surface area contributed by atoms with Crippen molar-refractivity contribution in [2.45, 2.75) is 19.0 Å². The van der Waals surface area contributed by atoms with Crippen molar-refractivity contribution in [1.82, 2.24) is 9.88 Å². The van der Waals surface area contributed by atoms with Crippen LogP contribution in [0.3, 0.4) is 0 Å². The molecular weight excluding hydrogens is 293 g/mol. The Labute approximate surface area is 118 Å². The van der Waals surface area contributed by atoms with Crippen molar-refractivity contribution in [3.8, 4) is 0 Å². The zero-order valence-electron chi connectivity index (χ0n) is 10.9. The topological polar surface area (TPSA) is 62.5 Å². The van der Waals surface area contributed by atoms with E-state index in [2.05, 4.69) is 4.98 Å². The van der Waals surface area contributed by atoms with Crippen LogP contribution < -0.4 is 10.6 Å². The summed E-state index contributed by atoms with van der Waals surface area (Å²) in [4.78, 5) is 18.7. The van der Waals surface area contributed by atoms with Crippen LogP contribution in [0, 0.1) is 0 Å². The minimum Gasteiger partial charge on any atom is -0.382 e. The van der Waals surface area contributed by atoms with Gasteiger partial charge in [0.15, 0.2) is 5.13 Å². The van der Waals surface area contributed by atoms with Gasteiger partial charge in [-0.25, -0.2) is 4.98 Å². The Morgan fingerprint density at radius 2 is 2.05 bits per heavy atom. The highest BCUT2D eigenvalue weighted by Crippen LogP contribution is 2.31. The van der Waals surface area contributed by atoms with Gasteiger partial charge in [-0.3, -0.25) is 4.79 Å². The molecule has 1 fully saturated rings. The maximum absolute atomic E-state index is 12.3. The van der Waals surface area contributed by atoms with E-state index in [1.54, 1.807) is 0 Å². The predicted octanol–water partition coefficient (Wildman–Crippen LogP) is 1.96. The number of rotatable bonds is 3. The minimum atomic E-state index is -4.43. The molecule has 1 aromatic heterocycles. The average molecular weight is 308 g/mol. The molecule has 0 unspecified atom stereocenters. The van der Waals surface area contributed by atoms with Gasteiger partial charge in [-0.2, -0.15) is 13.2 Å². The molecule has 1 aliphatic heterocycles. The van der Waals surface area contributed by atoms with E-state index in [0.29, 0.717) is 10.0 Å². The normalized spacial score (nSPS) is 15.7. The Kier molecular flexibility index (Phi) is 4.07. The van der Waals surface area contributed by atoms with E-state index in [1.165, 1.54) is 0 Å². The highest BCUT2D eigenvalue weighted by atomic mass is 32.1. The van der Waals surface area contributed by atoms with Crippen LogP contribution in [0.5, 0.6) is 0 Å². The smallest absolute Gasteiger partial charge is 0.382 e. The predicted molar refractivity (Wildman–Crippen MR) is 71.0 cm³/mol. The van der Waals surface area contributed by atoms with Crippen molar-refractivity contribution in [3.63, 3.8) is 0 Å². The fraction of sp³-hybridized carbons (Fsp3) is 0.636. The summed E-state index contributed by atoms with van der Waals surface area (Å²) < 4.78 is 36.9. The van der Waals surface area contributed by atoms with Gasteiger partial charge < -0.3 is 15.5 Å². The second-order valence-corrected chi connectivity index (χ2v) is 5.66. The van der Waals surface area contributed by atoms with E-state index < -0.39 is 18.6 Å². The SMILES string of the molecule is CN(CC(F)(F)F)C(=O)c1sc(N2CCCC2)nc1N. The second kappa shape index (κ2) is 5.47. The molecule has 20 heavy (non-hydrogen) atoms. The number of hydrogen-bond donors (Lipinski definition) is 1. The summed E-state index contributed by atoms with van der Waals surface area (Å²) in [5, 5.41) is 0.601. The summed E-state index contributed by atoms with van der Waals surface area (Å²) in [5.74, 6) is -0.751. The number of aromatic nitrogens is 1. The number of carbonyl (C=O) groups is 1. The van der Waals surface area contributed by atoms with Gasteiger partial charge in [-0.05, 0) is 12.8 Å². The number of halogens is 3. The van der Waals surface area contributed by atoms with Crippen LogP contribution in [0.25, 0.3) is 0 Å². The molecule has 1 aromatic rings. The molecule has 2 rings (SSSR count). The summed E-state index contributed by atoms with van der Waals surface area (Å²) >= 11 is 1.05. The highest BCUT2D eigenvalue weighted by molar-refractivity contribution is 7.18. The molecule has 5 nitrogen and oxygen atoms in total. The zero-order valence-corrected chi connectivity index (χ0v) is 11.7. The van der Waals surface area contributed by atoms with Crippen molar-refractivity contribution >= 4 is 28.2 Å². The Morgan fingerprint density at radius 1 is 1.45 bits per heavy atom. The van der Waals surface area contributed by atoms with Gasteiger partial charge in [0.25, 0.3) is 5.91 Å². The first-order valence-corrected chi connectivity index (χ1v) is 6.93. The van der Waals surface area contributed by atoms with Gasteiger partial charge in [-0.15, -0.1) is 0 Å². The van der Waals surface area contributed by atoms with Crippen LogP contribution in [0.15, 0.2) is 0 Å². The Hall–Kier alpha value is -1.51. The Morgan fingerprint density at radius 3 is 2.60 bits per heavy atom. The molecule has 0 aromatic carbocycles. The van der Waals surface area contributed by atoms with Crippen molar-refractivity contribution in [2.75, 3.05) is 37.3 Å². The molecule has 1 aliphatic rings. The van der Waals surface area contributed by atoms with Crippen molar-refractivity contribution in [1.29, 1.82) is 0 Å². The van der Waals surface area contributed by atoms with Gasteiger partial charge in [0.05, 0.1) is 0 Å². The lowest BCUT2D eigenvalue weighted by Crippen LogP contribution is -2.35. The third-order valence-electron chi connectivity index (χ3n) is 2.98. The molecule has 0 aliphatic carbocycles. The van der Waals surface area contributed by atoms with Crippen molar-refractivity contribution < 1.29 is 18.0 Å². The number of thiazole rings is 1. The molecule has 0 atom stereocenters. The van der Waals surface area contributed by atoms with E-state index in [4.69, 9.17) is 5.73 Å². The van der Waals surface area contributed by atoms with Crippen molar-refractivity contribution in [3.05, 3.63) is 4.88 Å². The lowest BCUT2D eigenvalue weighted by Gasteiger charge is -2.18. The van der Waals surface area contributed by atoms with E-state index in [-0.39, 0.29) is 10.7 Å². The molecule has 0 saturated carbocycles. The van der Waals surface area contributed by atoms with Gasteiger partial charge in [-0.1, -0.05) is 11.3 Å². The number of amides is 1. The maximum atomic E-state index is 12.3. The van der Waals surface area contributed by atoms with Gasteiger partial charge in [0, 0.05) is 20.1 Å². The fourth-order valence-corrected chi connectivity index (χ4v) is 3.06. The van der Waals surface area contributed by atoms with Crippen LogP contribution in [0.2, 0.25) is 0 Å². The molecule has 9 heteroatoms. The average Bonchev–Trinajstić information content (AvgIpc) is 2.94. The fourth-order valence-electron chi connectivity index (χ4n) is 2.03. The van der Waals surface area contributed by atoms with Crippen LogP contribution in [-0.2, 0) is 0 Å². The number of nitrogens with two attached hydrogens (primary N) is 1. The maximum Gasteiger partial charge on any atom is 0.406 e. The van der Waals surface area contributed by atoms with Crippen LogP contribution in [0.1, 0.15) is 22.5 Å². The first-order valence-electron chi connectivity index (χ1n) is 6.11. The number of nitrogen functional groups attached to an aromatic ring is 1. The number of carbonyl (C=O) groups excluding carboxylic acids is 1. The molecule has 112 valence electrons. The lowest BCUT2D eigenvalue weighted by molar-refractivity contribution is -0.138. The molecule has 0 spiro atoms. The third-order valence-corrected chi connectivity index (χ3v) is 4.10. The van der Waals surface area contributed by atoms with Crippen LogP contribution >= 0.6 is 11.3 Å². The largest absolute Gasteiger partial charge is 0.406 e. The molecule has 2 heterocycles. The van der Waals surface area contributed by atoms with E-state index >= 15 is 0 Å². The van der Waals surface area contributed by atoms with Crippen LogP contribution in [-0.4, -0.2) is 48.6 Å². The summed E-state index contributed by atoms with van der Waals surface area (Å²) in [6, 6.07) is 0. The lowest BCUT2D eigenvalue weighted by atomic mass is 10.4. The minimum absolute atomic E-state index is 0.00377.